The van der Waals surface area contributed by atoms with Gasteiger partial charge in [-0.3, -0.25) is 4.79 Å². The van der Waals surface area contributed by atoms with Gasteiger partial charge in [0.1, 0.15) is 6.10 Å². The van der Waals surface area contributed by atoms with Gasteiger partial charge in [-0.15, -0.1) is 0 Å². The quantitative estimate of drug-likeness (QED) is 0.131. The van der Waals surface area contributed by atoms with Gasteiger partial charge in [-0.05, 0) is 32.1 Å². The maximum Gasteiger partial charge on any atom is 0.306 e. The van der Waals surface area contributed by atoms with E-state index in [0.717, 1.165) is 25.7 Å². The number of carbonyl (C=O) groups excluding carboxylic acids is 1. The molecular formula is C21H40AgO4. The van der Waals surface area contributed by atoms with Crippen LogP contribution in [0.3, 0.4) is 0 Å². The molecule has 0 aromatic carbocycles. The predicted molar refractivity (Wildman–Crippen MR) is 104 cm³/mol. The molecule has 5 heteroatoms. The van der Waals surface area contributed by atoms with Crippen molar-refractivity contribution in [2.45, 2.75) is 103 Å². The summed E-state index contributed by atoms with van der Waals surface area (Å²) in [5, 5.41) is 17.7. The molecule has 26 heavy (non-hydrogen) atoms. The average molecular weight is 464 g/mol. The van der Waals surface area contributed by atoms with Gasteiger partial charge in [-0.2, -0.15) is 0 Å². The van der Waals surface area contributed by atoms with Crippen LogP contribution in [0, 0.1) is 0 Å². The Kier molecular flexibility index (Phi) is 24.7. The van der Waals surface area contributed by atoms with E-state index in [9.17, 15) is 4.79 Å². The van der Waals surface area contributed by atoms with Gasteiger partial charge in [0.25, 0.3) is 0 Å². The first-order chi connectivity index (χ1) is 12.2. The van der Waals surface area contributed by atoms with E-state index in [2.05, 4.69) is 19.1 Å². The van der Waals surface area contributed by atoms with Crippen LogP contribution in [0.5, 0.6) is 0 Å². The van der Waals surface area contributed by atoms with Gasteiger partial charge in [0.2, 0.25) is 0 Å². The standard InChI is InChI=1S/C21H40O4.Ag/c1-2-3-4-5-6-7-8-9-10-11-12-13-14-15-16-17-21(24)25-20(18-22)19-23;/h9-10,20,22-23H,2-8,11-19H2,1H3;/b10-9-;. The Balaban J connectivity index is 0. The molecule has 0 rings (SSSR count). The fourth-order valence-corrected chi connectivity index (χ4v) is 2.72. The van der Waals surface area contributed by atoms with Gasteiger partial charge in [-0.1, -0.05) is 70.4 Å². The third-order valence-corrected chi connectivity index (χ3v) is 4.35. The van der Waals surface area contributed by atoms with E-state index in [0.29, 0.717) is 6.42 Å². The van der Waals surface area contributed by atoms with Crippen molar-refractivity contribution in [3.8, 4) is 0 Å². The molecule has 0 aliphatic rings. The van der Waals surface area contributed by atoms with E-state index in [1.807, 2.05) is 0 Å². The Labute approximate surface area is 176 Å². The fraction of sp³-hybridized carbons (Fsp3) is 0.857. The van der Waals surface area contributed by atoms with Crippen LogP contribution in [-0.4, -0.2) is 35.5 Å². The number of hydrogen-bond acceptors (Lipinski definition) is 4. The number of aliphatic hydroxyl groups excluding tert-OH is 2. The first kappa shape index (κ1) is 28.1. The van der Waals surface area contributed by atoms with Crippen molar-refractivity contribution in [1.29, 1.82) is 0 Å². The van der Waals surface area contributed by atoms with Crippen molar-refractivity contribution in [1.82, 2.24) is 0 Å². The fourth-order valence-electron chi connectivity index (χ4n) is 2.72. The van der Waals surface area contributed by atoms with E-state index < -0.39 is 6.10 Å². The largest absolute Gasteiger partial charge is 0.457 e. The summed E-state index contributed by atoms with van der Waals surface area (Å²) in [7, 11) is 0. The number of aliphatic hydroxyl groups is 2. The molecule has 2 N–H and O–H groups in total. The predicted octanol–water partition coefficient (Wildman–Crippen LogP) is 4.92. The zero-order valence-corrected chi connectivity index (χ0v) is 18.0. The van der Waals surface area contributed by atoms with Crippen molar-refractivity contribution in [2.24, 2.45) is 0 Å². The zero-order valence-electron chi connectivity index (χ0n) is 16.6. The van der Waals surface area contributed by atoms with Crippen molar-refractivity contribution in [3.63, 3.8) is 0 Å². The SMILES string of the molecule is CCCCCCCC/C=C\CCCCCCCC(=O)OC(CO)CO.[Ag]. The molecule has 0 unspecified atom stereocenters. The second kappa shape index (κ2) is 22.9. The maximum absolute atomic E-state index is 11.5. The monoisotopic (exact) mass is 463 g/mol. The molecule has 0 spiro atoms. The van der Waals surface area contributed by atoms with Crippen LogP contribution in [0.1, 0.15) is 96.8 Å². The van der Waals surface area contributed by atoms with Crippen LogP contribution in [0.2, 0.25) is 0 Å². The minimum Gasteiger partial charge on any atom is -0.457 e. The second-order valence-electron chi connectivity index (χ2n) is 6.81. The summed E-state index contributed by atoms with van der Waals surface area (Å²) < 4.78 is 4.92. The van der Waals surface area contributed by atoms with Gasteiger partial charge in [-0.25, -0.2) is 0 Å². The molecule has 4 nitrogen and oxygen atoms in total. The number of carbonyl (C=O) groups is 1. The van der Waals surface area contributed by atoms with Gasteiger partial charge in [0.15, 0.2) is 0 Å². The molecule has 0 saturated heterocycles. The van der Waals surface area contributed by atoms with E-state index in [1.165, 1.54) is 57.8 Å². The Morgan fingerprint density at radius 2 is 1.27 bits per heavy atom. The number of esters is 1. The van der Waals surface area contributed by atoms with Crippen LogP contribution >= 0.6 is 0 Å². The van der Waals surface area contributed by atoms with Crippen LogP contribution in [-0.2, 0) is 31.9 Å². The summed E-state index contributed by atoms with van der Waals surface area (Å²) in [6.07, 6.45) is 20.2. The van der Waals surface area contributed by atoms with Crippen molar-refractivity contribution < 1.29 is 42.1 Å². The first-order valence-corrected chi connectivity index (χ1v) is 10.3. The molecule has 0 amide bonds. The molecule has 0 heterocycles. The molecular weight excluding hydrogens is 424 g/mol. The smallest absolute Gasteiger partial charge is 0.306 e. The summed E-state index contributed by atoms with van der Waals surface area (Å²) in [6.45, 7) is 1.60. The number of rotatable bonds is 18. The van der Waals surface area contributed by atoms with E-state index >= 15 is 0 Å². The molecule has 159 valence electrons. The Hall–Kier alpha value is -0.130. The number of hydrogen-bond donors (Lipinski definition) is 2. The minimum atomic E-state index is -0.768. The Morgan fingerprint density at radius 1 is 0.808 bits per heavy atom. The van der Waals surface area contributed by atoms with E-state index in [-0.39, 0.29) is 41.6 Å². The zero-order chi connectivity index (χ0) is 18.6. The normalized spacial score (nSPS) is 11.1. The van der Waals surface area contributed by atoms with Gasteiger partial charge >= 0.3 is 5.97 Å². The van der Waals surface area contributed by atoms with Gasteiger partial charge in [0, 0.05) is 28.8 Å². The van der Waals surface area contributed by atoms with Crippen molar-refractivity contribution in [3.05, 3.63) is 12.2 Å². The van der Waals surface area contributed by atoms with E-state index in [4.69, 9.17) is 14.9 Å². The second-order valence-corrected chi connectivity index (χ2v) is 6.81. The molecule has 0 aromatic heterocycles. The topological polar surface area (TPSA) is 66.8 Å². The molecule has 0 fully saturated rings. The molecule has 0 atom stereocenters. The Morgan fingerprint density at radius 3 is 1.77 bits per heavy atom. The van der Waals surface area contributed by atoms with Gasteiger partial charge < -0.3 is 14.9 Å². The maximum atomic E-state index is 11.5. The molecule has 0 aliphatic heterocycles. The first-order valence-electron chi connectivity index (χ1n) is 10.3. The molecule has 0 saturated carbocycles. The van der Waals surface area contributed by atoms with Crippen LogP contribution in [0.15, 0.2) is 12.2 Å². The van der Waals surface area contributed by atoms with Crippen molar-refractivity contribution >= 4 is 5.97 Å². The van der Waals surface area contributed by atoms with Crippen LogP contribution in [0.4, 0.5) is 0 Å². The number of allylic oxidation sites excluding steroid dienone is 2. The third-order valence-electron chi connectivity index (χ3n) is 4.35. The summed E-state index contributed by atoms with van der Waals surface area (Å²) >= 11 is 0. The summed E-state index contributed by atoms with van der Waals surface area (Å²) in [4.78, 5) is 11.5. The van der Waals surface area contributed by atoms with Crippen LogP contribution < -0.4 is 0 Å². The van der Waals surface area contributed by atoms with E-state index in [1.54, 1.807) is 0 Å². The minimum absolute atomic E-state index is 0. The number of unbranched alkanes of at least 4 members (excludes halogenated alkanes) is 11. The average Bonchev–Trinajstić information content (AvgIpc) is 2.62. The van der Waals surface area contributed by atoms with Gasteiger partial charge in [0.05, 0.1) is 13.2 Å². The molecule has 0 bridgehead atoms. The summed E-state index contributed by atoms with van der Waals surface area (Å²) in [6, 6.07) is 0. The Bertz CT molecular complexity index is 317. The van der Waals surface area contributed by atoms with Crippen LogP contribution in [0.25, 0.3) is 0 Å². The van der Waals surface area contributed by atoms with Crippen molar-refractivity contribution in [2.75, 3.05) is 13.2 Å². The number of ether oxygens (including phenoxy) is 1. The molecule has 1 radical (unpaired) electrons. The third kappa shape index (κ3) is 20.2. The molecule has 0 aliphatic carbocycles. The summed E-state index contributed by atoms with van der Waals surface area (Å²) in [5.41, 5.74) is 0. The summed E-state index contributed by atoms with van der Waals surface area (Å²) in [5.74, 6) is -0.328. The molecule has 0 aromatic rings.